The van der Waals surface area contributed by atoms with Crippen LogP contribution in [0.5, 0.6) is 0 Å². The molecular weight excluding hydrogens is 471 g/mol. The average Bonchev–Trinajstić information content (AvgIpc) is 2.68. The molecule has 0 heterocycles. The molecule has 1 amide bonds. The first-order valence-electron chi connectivity index (χ1n) is 9.14. The molecule has 0 aliphatic carbocycles. The minimum atomic E-state index is -5.33. The number of anilines is 1. The predicted octanol–water partition coefficient (Wildman–Crippen LogP) is 5.14. The van der Waals surface area contributed by atoms with E-state index in [9.17, 15) is 49.4 Å². The summed E-state index contributed by atoms with van der Waals surface area (Å²) in [6.45, 7) is -1.49. The first-order chi connectivity index (χ1) is 15.0. The zero-order chi connectivity index (χ0) is 25.1. The van der Waals surface area contributed by atoms with Gasteiger partial charge in [0.25, 0.3) is 0 Å². The van der Waals surface area contributed by atoms with Crippen molar-refractivity contribution < 1.29 is 49.4 Å². The van der Waals surface area contributed by atoms with Crippen LogP contribution in [0.3, 0.4) is 0 Å². The highest BCUT2D eigenvalue weighted by atomic mass is 19.4. The van der Waals surface area contributed by atoms with Crippen LogP contribution in [0, 0.1) is 0 Å². The summed E-state index contributed by atoms with van der Waals surface area (Å²) >= 11 is 0. The average molecular weight is 488 g/mol. The molecule has 0 unspecified atom stereocenters. The lowest BCUT2D eigenvalue weighted by Gasteiger charge is -2.32. The lowest BCUT2D eigenvalue weighted by atomic mass is 9.91. The quantitative estimate of drug-likeness (QED) is 0.474. The van der Waals surface area contributed by atoms with Gasteiger partial charge in [-0.05, 0) is 35.4 Å². The van der Waals surface area contributed by atoms with Crippen molar-refractivity contribution in [3.05, 3.63) is 65.2 Å². The molecule has 2 aromatic carbocycles. The Morgan fingerprint density at radius 3 is 1.94 bits per heavy atom. The highest BCUT2D eigenvalue weighted by Gasteiger charge is 2.55. The van der Waals surface area contributed by atoms with Gasteiger partial charge in [-0.2, -0.15) is 39.5 Å². The maximum atomic E-state index is 13.6. The molecule has 33 heavy (non-hydrogen) atoms. The molecule has 0 bridgehead atoms. The third kappa shape index (κ3) is 7.27. The lowest BCUT2D eigenvalue weighted by Crippen LogP contribution is -2.47. The molecule has 13 heteroatoms. The monoisotopic (exact) mass is 488 g/mol. The lowest BCUT2D eigenvalue weighted by molar-refractivity contribution is -0.260. The van der Waals surface area contributed by atoms with Crippen LogP contribution in [0.25, 0.3) is 0 Å². The zero-order valence-corrected chi connectivity index (χ0v) is 16.5. The molecule has 0 aromatic heterocycles. The Morgan fingerprint density at radius 1 is 0.848 bits per heavy atom. The third-order valence-electron chi connectivity index (χ3n) is 4.49. The van der Waals surface area contributed by atoms with E-state index in [4.69, 9.17) is 0 Å². The first kappa shape index (κ1) is 26.3. The summed E-state index contributed by atoms with van der Waals surface area (Å²) in [4.78, 5) is 11.2. The fraction of sp³-hybridized carbons (Fsp3) is 0.350. The number of hydrogen-bond donors (Lipinski definition) is 3. The fourth-order valence-electron chi connectivity index (χ4n) is 2.73. The number of carbonyl (C=O) groups excluding carboxylic acids is 1. The summed E-state index contributed by atoms with van der Waals surface area (Å²) in [5.74, 6) is -1.26. The standard InChI is InChI=1S/C20H17F9N2O2/c21-18(22,23)9-16(32)30-10-12-4-6-15(7-5-12)31-11-17(33,20(27,28)29)13-2-1-3-14(8-13)19(24,25)26/h1-8,31,33H,9-11H2,(H,30,32)/t17-/m0/s1. The maximum Gasteiger partial charge on any atom is 0.423 e. The molecule has 0 aliphatic heterocycles. The Labute approximate surface area is 181 Å². The van der Waals surface area contributed by atoms with Crippen molar-refractivity contribution in [3.8, 4) is 0 Å². The number of hydrogen-bond acceptors (Lipinski definition) is 3. The molecule has 0 aliphatic rings. The molecule has 1 atom stereocenters. The van der Waals surface area contributed by atoms with Crippen molar-refractivity contribution >= 4 is 11.6 Å². The summed E-state index contributed by atoms with van der Waals surface area (Å²) in [7, 11) is 0. The van der Waals surface area contributed by atoms with Gasteiger partial charge in [-0.1, -0.05) is 24.3 Å². The Kier molecular flexibility index (Phi) is 7.56. The predicted molar refractivity (Wildman–Crippen MR) is 98.8 cm³/mol. The topological polar surface area (TPSA) is 61.4 Å². The number of benzene rings is 2. The van der Waals surface area contributed by atoms with Crippen LogP contribution in [-0.2, 0) is 23.1 Å². The summed E-state index contributed by atoms with van der Waals surface area (Å²) in [5, 5.41) is 14.6. The molecule has 2 rings (SSSR count). The van der Waals surface area contributed by atoms with Gasteiger partial charge >= 0.3 is 18.5 Å². The first-order valence-corrected chi connectivity index (χ1v) is 9.14. The van der Waals surface area contributed by atoms with Crippen molar-refractivity contribution in [3.63, 3.8) is 0 Å². The second kappa shape index (κ2) is 9.49. The van der Waals surface area contributed by atoms with E-state index in [1.54, 1.807) is 0 Å². The maximum absolute atomic E-state index is 13.6. The molecule has 0 fully saturated rings. The van der Waals surface area contributed by atoms with Gasteiger partial charge in [0.1, 0.15) is 6.42 Å². The SMILES string of the molecule is O=C(CC(F)(F)F)NCc1ccc(NC[C@](O)(c2cccc(C(F)(F)F)c2)C(F)(F)F)cc1. The number of alkyl halides is 9. The van der Waals surface area contributed by atoms with Gasteiger partial charge in [0.15, 0.2) is 0 Å². The van der Waals surface area contributed by atoms with Gasteiger partial charge in [-0.25, -0.2) is 0 Å². The number of aliphatic hydroxyl groups is 1. The number of halogens is 9. The van der Waals surface area contributed by atoms with Gasteiger partial charge in [-0.15, -0.1) is 0 Å². The smallest absolute Gasteiger partial charge is 0.381 e. The molecule has 3 N–H and O–H groups in total. The van der Waals surface area contributed by atoms with Crippen LogP contribution in [0.4, 0.5) is 45.2 Å². The van der Waals surface area contributed by atoms with Crippen LogP contribution in [-0.4, -0.2) is 29.9 Å². The van der Waals surface area contributed by atoms with Crippen molar-refractivity contribution in [1.82, 2.24) is 5.32 Å². The Bertz CT molecular complexity index is 954. The molecule has 0 saturated carbocycles. The van der Waals surface area contributed by atoms with E-state index < -0.39 is 54.1 Å². The van der Waals surface area contributed by atoms with Crippen LogP contribution in [0.15, 0.2) is 48.5 Å². The van der Waals surface area contributed by atoms with Crippen LogP contribution >= 0.6 is 0 Å². The largest absolute Gasteiger partial charge is 0.423 e. The zero-order valence-electron chi connectivity index (χ0n) is 16.5. The number of rotatable bonds is 7. The van der Waals surface area contributed by atoms with E-state index in [0.29, 0.717) is 11.6 Å². The van der Waals surface area contributed by atoms with Crippen LogP contribution < -0.4 is 10.6 Å². The van der Waals surface area contributed by atoms with Crippen LogP contribution in [0.2, 0.25) is 0 Å². The highest BCUT2D eigenvalue weighted by Crippen LogP contribution is 2.41. The van der Waals surface area contributed by atoms with Gasteiger partial charge < -0.3 is 15.7 Å². The van der Waals surface area contributed by atoms with E-state index in [-0.39, 0.29) is 18.3 Å². The highest BCUT2D eigenvalue weighted by molar-refractivity contribution is 5.76. The minimum Gasteiger partial charge on any atom is -0.381 e. The number of carbonyl (C=O) groups is 1. The molecular formula is C20H17F9N2O2. The molecule has 0 spiro atoms. The van der Waals surface area contributed by atoms with E-state index >= 15 is 0 Å². The minimum absolute atomic E-state index is 0.0371. The summed E-state index contributed by atoms with van der Waals surface area (Å²) in [6.07, 6.45) is -16.6. The van der Waals surface area contributed by atoms with Crippen molar-refractivity contribution in [2.24, 2.45) is 0 Å². The fourth-order valence-corrected chi connectivity index (χ4v) is 2.73. The molecule has 182 valence electrons. The molecule has 0 saturated heterocycles. The van der Waals surface area contributed by atoms with Gasteiger partial charge in [0.05, 0.1) is 12.1 Å². The molecule has 2 aromatic rings. The summed E-state index contributed by atoms with van der Waals surface area (Å²) in [5.41, 5.74) is -5.66. The second-order valence-electron chi connectivity index (χ2n) is 7.06. The Morgan fingerprint density at radius 2 is 1.42 bits per heavy atom. The Balaban J connectivity index is 2.11. The van der Waals surface area contributed by atoms with Crippen molar-refractivity contribution in [2.45, 2.75) is 37.1 Å². The van der Waals surface area contributed by atoms with Crippen molar-refractivity contribution in [1.29, 1.82) is 0 Å². The summed E-state index contributed by atoms with van der Waals surface area (Å²) in [6, 6.07) is 7.30. The van der Waals surface area contributed by atoms with E-state index in [1.807, 2.05) is 5.32 Å². The van der Waals surface area contributed by atoms with E-state index in [0.717, 1.165) is 12.1 Å². The van der Waals surface area contributed by atoms with Gasteiger partial charge in [0, 0.05) is 12.2 Å². The Hall–Kier alpha value is -2.96. The van der Waals surface area contributed by atoms with Crippen LogP contribution in [0.1, 0.15) is 23.1 Å². The molecule has 4 nitrogen and oxygen atoms in total. The van der Waals surface area contributed by atoms with Gasteiger partial charge in [-0.3, -0.25) is 4.79 Å². The van der Waals surface area contributed by atoms with E-state index in [2.05, 4.69) is 5.32 Å². The normalized spacial score (nSPS) is 14.5. The number of amides is 1. The number of nitrogens with one attached hydrogen (secondary N) is 2. The second-order valence-corrected chi connectivity index (χ2v) is 7.06. The third-order valence-corrected chi connectivity index (χ3v) is 4.49. The van der Waals surface area contributed by atoms with Gasteiger partial charge in [0.2, 0.25) is 11.5 Å². The van der Waals surface area contributed by atoms with E-state index in [1.165, 1.54) is 24.3 Å². The molecule has 0 radical (unpaired) electrons. The van der Waals surface area contributed by atoms with Crippen molar-refractivity contribution in [2.75, 3.05) is 11.9 Å². The summed E-state index contributed by atoms with van der Waals surface area (Å²) < 4.78 is 116.